The van der Waals surface area contributed by atoms with Crippen molar-refractivity contribution in [3.05, 3.63) is 72.6 Å². The first-order chi connectivity index (χ1) is 15.7. The highest BCUT2D eigenvalue weighted by atomic mass is 35.5. The smallest absolute Gasteiger partial charge is 0.180 e. The maximum atomic E-state index is 6.07. The third kappa shape index (κ3) is 4.83. The van der Waals surface area contributed by atoms with E-state index in [4.69, 9.17) is 15.7 Å². The van der Waals surface area contributed by atoms with Crippen LogP contribution in [0.2, 0.25) is 0 Å². The number of hydrogen-bond acceptors (Lipinski definition) is 7. The summed E-state index contributed by atoms with van der Waals surface area (Å²) >= 11 is 0. The van der Waals surface area contributed by atoms with Crippen molar-refractivity contribution in [1.29, 1.82) is 0 Å². The Kier molecular flexibility index (Phi) is 7.17. The molecule has 0 spiro atoms. The number of anilines is 1. The van der Waals surface area contributed by atoms with Gasteiger partial charge in [0.05, 0.1) is 17.6 Å². The van der Waals surface area contributed by atoms with Crippen molar-refractivity contribution in [2.24, 2.45) is 5.73 Å². The molecule has 2 N–H and O–H groups in total. The van der Waals surface area contributed by atoms with Crippen LogP contribution < -0.4 is 10.6 Å². The van der Waals surface area contributed by atoms with Crippen LogP contribution in [0.1, 0.15) is 17.3 Å². The molecule has 172 valence electrons. The molecular weight excluding hydrogens is 436 g/mol. The number of rotatable bonds is 6. The van der Waals surface area contributed by atoms with Crippen molar-refractivity contribution in [3.8, 4) is 11.4 Å². The second-order valence-electron chi connectivity index (χ2n) is 8.28. The lowest BCUT2D eigenvalue weighted by Crippen LogP contribution is -2.45. The van der Waals surface area contributed by atoms with E-state index in [0.29, 0.717) is 13.0 Å². The topological polar surface area (TPSA) is 88.5 Å². The van der Waals surface area contributed by atoms with Crippen LogP contribution >= 0.6 is 12.4 Å². The average molecular weight is 465 g/mol. The summed E-state index contributed by atoms with van der Waals surface area (Å²) in [7, 11) is 2.15. The Balaban J connectivity index is 0.00000259. The number of nitrogens with zero attached hydrogens (tertiary/aromatic N) is 7. The highest BCUT2D eigenvalue weighted by Gasteiger charge is 2.20. The minimum atomic E-state index is 0. The van der Waals surface area contributed by atoms with Gasteiger partial charge >= 0.3 is 0 Å². The normalized spacial score (nSPS) is 15.4. The van der Waals surface area contributed by atoms with Gasteiger partial charge in [-0.1, -0.05) is 30.3 Å². The lowest BCUT2D eigenvalue weighted by Gasteiger charge is -2.33. The van der Waals surface area contributed by atoms with E-state index in [9.17, 15) is 0 Å². The lowest BCUT2D eigenvalue weighted by molar-refractivity contribution is 0.312. The Labute approximate surface area is 199 Å². The quantitative estimate of drug-likeness (QED) is 0.469. The average Bonchev–Trinajstić information content (AvgIpc) is 3.28. The van der Waals surface area contributed by atoms with E-state index in [0.717, 1.165) is 54.9 Å². The number of piperazine rings is 1. The fraction of sp³-hybridized carbons (Fsp3) is 0.333. The van der Waals surface area contributed by atoms with Gasteiger partial charge in [0.25, 0.3) is 0 Å². The van der Waals surface area contributed by atoms with Crippen LogP contribution in [-0.2, 0) is 6.42 Å². The van der Waals surface area contributed by atoms with Crippen LogP contribution in [0.5, 0.6) is 0 Å². The first-order valence-corrected chi connectivity index (χ1v) is 11.1. The Morgan fingerprint density at radius 2 is 1.76 bits per heavy atom. The van der Waals surface area contributed by atoms with Crippen molar-refractivity contribution in [2.45, 2.75) is 12.3 Å². The molecule has 0 radical (unpaired) electrons. The summed E-state index contributed by atoms with van der Waals surface area (Å²) in [5, 5.41) is 0. The third-order valence-electron chi connectivity index (χ3n) is 6.16. The molecular formula is C24H29ClN8. The van der Waals surface area contributed by atoms with E-state index >= 15 is 0 Å². The summed E-state index contributed by atoms with van der Waals surface area (Å²) in [6.07, 6.45) is 8.18. The molecule has 5 rings (SSSR count). The Morgan fingerprint density at radius 1 is 0.970 bits per heavy atom. The number of fused-ring (bicyclic) bond motifs is 1. The van der Waals surface area contributed by atoms with Gasteiger partial charge in [0.1, 0.15) is 5.82 Å². The molecule has 1 unspecified atom stereocenters. The summed E-state index contributed by atoms with van der Waals surface area (Å²) in [6, 6.07) is 12.3. The molecule has 1 atom stereocenters. The first kappa shape index (κ1) is 23.1. The Morgan fingerprint density at radius 3 is 2.52 bits per heavy atom. The summed E-state index contributed by atoms with van der Waals surface area (Å²) in [4.78, 5) is 23.4. The fourth-order valence-corrected chi connectivity index (χ4v) is 4.26. The zero-order valence-electron chi connectivity index (χ0n) is 18.7. The van der Waals surface area contributed by atoms with E-state index in [1.807, 2.05) is 49.1 Å². The predicted molar refractivity (Wildman–Crippen MR) is 133 cm³/mol. The van der Waals surface area contributed by atoms with E-state index in [-0.39, 0.29) is 18.3 Å². The van der Waals surface area contributed by atoms with E-state index in [1.165, 1.54) is 5.56 Å². The second kappa shape index (κ2) is 10.2. The van der Waals surface area contributed by atoms with Gasteiger partial charge in [-0.15, -0.1) is 12.4 Å². The molecule has 33 heavy (non-hydrogen) atoms. The molecule has 4 heterocycles. The molecule has 9 heteroatoms. The largest absolute Gasteiger partial charge is 0.351 e. The van der Waals surface area contributed by atoms with Crippen molar-refractivity contribution < 1.29 is 0 Å². The monoisotopic (exact) mass is 464 g/mol. The SMILES string of the molecule is CN1CCN(c2nccn3c(-c4ccnc(CC(CN)c5ccccc5)n4)cnc23)CC1.Cl. The number of hydrogen-bond donors (Lipinski definition) is 1. The Bertz CT molecular complexity index is 1190. The molecule has 1 aromatic carbocycles. The molecule has 1 fully saturated rings. The molecule has 1 aliphatic rings. The zero-order chi connectivity index (χ0) is 21.9. The van der Waals surface area contributed by atoms with Gasteiger partial charge in [0.2, 0.25) is 0 Å². The van der Waals surface area contributed by atoms with Crippen LogP contribution in [0.15, 0.2) is 61.2 Å². The van der Waals surface area contributed by atoms with Crippen LogP contribution in [0.25, 0.3) is 17.0 Å². The van der Waals surface area contributed by atoms with Crippen molar-refractivity contribution in [2.75, 3.05) is 44.7 Å². The number of benzene rings is 1. The number of aromatic nitrogens is 5. The van der Waals surface area contributed by atoms with E-state index in [1.54, 1.807) is 0 Å². The number of imidazole rings is 1. The van der Waals surface area contributed by atoms with Gasteiger partial charge in [-0.3, -0.25) is 4.40 Å². The van der Waals surface area contributed by atoms with Crippen LogP contribution in [-0.4, -0.2) is 69.0 Å². The number of halogens is 1. The molecule has 0 aliphatic carbocycles. The number of likely N-dealkylation sites (N-methyl/N-ethyl adjacent to an activating group) is 1. The van der Waals surface area contributed by atoms with Gasteiger partial charge in [0.15, 0.2) is 11.5 Å². The standard InChI is InChI=1S/C24H28N8.ClH/c1-30-11-13-31(14-12-30)23-24-28-17-21(32(24)10-9-27-23)20-7-8-26-22(29-20)15-19(16-25)18-5-3-2-4-6-18;/h2-10,17,19H,11-16,25H2,1H3;1H. The Hall–Kier alpha value is -3.07. The van der Waals surface area contributed by atoms with Crippen molar-refractivity contribution >= 4 is 23.9 Å². The maximum Gasteiger partial charge on any atom is 0.180 e. The van der Waals surface area contributed by atoms with Crippen molar-refractivity contribution in [3.63, 3.8) is 0 Å². The fourth-order valence-electron chi connectivity index (χ4n) is 4.26. The van der Waals surface area contributed by atoms with Gasteiger partial charge in [0, 0.05) is 57.1 Å². The second-order valence-corrected chi connectivity index (χ2v) is 8.28. The maximum absolute atomic E-state index is 6.07. The van der Waals surface area contributed by atoms with E-state index < -0.39 is 0 Å². The van der Waals surface area contributed by atoms with Gasteiger partial charge in [-0.05, 0) is 25.2 Å². The molecule has 1 saturated heterocycles. The van der Waals surface area contributed by atoms with Gasteiger partial charge < -0.3 is 15.5 Å². The molecule has 0 saturated carbocycles. The molecule has 1 aliphatic heterocycles. The molecule has 4 aromatic rings. The minimum absolute atomic E-state index is 0. The van der Waals surface area contributed by atoms with Crippen LogP contribution in [0.3, 0.4) is 0 Å². The van der Waals surface area contributed by atoms with Gasteiger partial charge in [-0.2, -0.15) is 0 Å². The summed E-state index contributed by atoms with van der Waals surface area (Å²) < 4.78 is 2.07. The molecule has 0 amide bonds. The summed E-state index contributed by atoms with van der Waals surface area (Å²) in [5.41, 5.74) is 9.92. The highest BCUT2D eigenvalue weighted by molar-refractivity contribution is 5.85. The lowest BCUT2D eigenvalue weighted by atomic mass is 9.95. The zero-order valence-corrected chi connectivity index (χ0v) is 19.5. The predicted octanol–water partition coefficient (Wildman–Crippen LogP) is 2.64. The first-order valence-electron chi connectivity index (χ1n) is 11.1. The van der Waals surface area contributed by atoms with Crippen LogP contribution in [0, 0.1) is 0 Å². The molecule has 0 bridgehead atoms. The summed E-state index contributed by atoms with van der Waals surface area (Å²) in [5.74, 6) is 1.89. The number of nitrogens with two attached hydrogens (primary N) is 1. The highest BCUT2D eigenvalue weighted by Crippen LogP contribution is 2.25. The molecule has 3 aromatic heterocycles. The van der Waals surface area contributed by atoms with Crippen LogP contribution in [0.4, 0.5) is 5.82 Å². The van der Waals surface area contributed by atoms with Crippen molar-refractivity contribution in [1.82, 2.24) is 29.2 Å². The minimum Gasteiger partial charge on any atom is -0.351 e. The van der Waals surface area contributed by atoms with Gasteiger partial charge in [-0.25, -0.2) is 19.9 Å². The summed E-state index contributed by atoms with van der Waals surface area (Å²) in [6.45, 7) is 4.49. The molecule has 8 nitrogen and oxygen atoms in total. The third-order valence-corrected chi connectivity index (χ3v) is 6.16. The van der Waals surface area contributed by atoms with E-state index in [2.05, 4.69) is 43.3 Å².